The number of sulfonamides is 1. The number of halogens is 1. The molecule has 3 aromatic rings. The predicted molar refractivity (Wildman–Crippen MR) is 112 cm³/mol. The van der Waals surface area contributed by atoms with Crippen molar-refractivity contribution in [2.45, 2.75) is 4.90 Å². The van der Waals surface area contributed by atoms with Gasteiger partial charge in [-0.25, -0.2) is 0 Å². The van der Waals surface area contributed by atoms with Crippen molar-refractivity contribution in [3.8, 4) is 0 Å². The number of amidine groups is 1. The van der Waals surface area contributed by atoms with Gasteiger partial charge in [0.2, 0.25) is 0 Å². The van der Waals surface area contributed by atoms with Crippen molar-refractivity contribution < 1.29 is 13.2 Å². The molecule has 9 heteroatoms. The first-order valence-electron chi connectivity index (χ1n) is 8.07. The molecule has 1 N–H and O–H groups in total. The van der Waals surface area contributed by atoms with Crippen LogP contribution in [0.2, 0.25) is 5.02 Å². The number of thioether (sulfide) groups is 1. The van der Waals surface area contributed by atoms with Gasteiger partial charge in [-0.1, -0.05) is 35.9 Å². The van der Waals surface area contributed by atoms with Crippen LogP contribution < -0.4 is 5.32 Å². The average Bonchev–Trinajstić information content (AvgIpc) is 3.00. The Morgan fingerprint density at radius 3 is 2.75 bits per heavy atom. The minimum Gasteiger partial charge on any atom is -0.300 e. The van der Waals surface area contributed by atoms with Crippen molar-refractivity contribution in [2.75, 3.05) is 0 Å². The quantitative estimate of drug-likeness (QED) is 0.639. The van der Waals surface area contributed by atoms with E-state index in [0.29, 0.717) is 4.91 Å². The van der Waals surface area contributed by atoms with Gasteiger partial charge < -0.3 is 0 Å². The number of aromatic nitrogens is 1. The minimum atomic E-state index is -4.04. The lowest BCUT2D eigenvalue weighted by Gasteiger charge is -2.01. The van der Waals surface area contributed by atoms with Crippen molar-refractivity contribution in [1.29, 1.82) is 0 Å². The van der Waals surface area contributed by atoms with Crippen LogP contribution in [0.5, 0.6) is 0 Å². The molecule has 1 aliphatic rings. The molecule has 1 fully saturated rings. The number of pyridine rings is 1. The smallest absolute Gasteiger partial charge is 0.286 e. The number of amides is 1. The van der Waals surface area contributed by atoms with Crippen LogP contribution in [0.25, 0.3) is 17.0 Å². The summed E-state index contributed by atoms with van der Waals surface area (Å²) < 4.78 is 28.6. The highest BCUT2D eigenvalue weighted by atomic mass is 35.5. The normalized spacial score (nSPS) is 17.4. The molecule has 1 aliphatic heterocycles. The zero-order valence-electron chi connectivity index (χ0n) is 14.2. The van der Waals surface area contributed by atoms with Gasteiger partial charge in [-0.05, 0) is 53.7 Å². The van der Waals surface area contributed by atoms with E-state index in [1.54, 1.807) is 24.4 Å². The lowest BCUT2D eigenvalue weighted by Crippen LogP contribution is -2.20. The summed E-state index contributed by atoms with van der Waals surface area (Å²) >= 11 is 6.91. The lowest BCUT2D eigenvalue weighted by molar-refractivity contribution is -0.115. The fraction of sp³-hybridized carbons (Fsp3) is 0. The number of hydrogen-bond donors (Lipinski definition) is 1. The molecule has 2 aromatic carbocycles. The van der Waals surface area contributed by atoms with Gasteiger partial charge in [0, 0.05) is 11.6 Å². The number of carbonyl (C=O) groups is 1. The molecule has 4 rings (SSSR count). The van der Waals surface area contributed by atoms with Crippen molar-refractivity contribution in [3.05, 3.63) is 76.3 Å². The summed E-state index contributed by atoms with van der Waals surface area (Å²) in [7, 11) is -4.04. The monoisotopic (exact) mass is 429 g/mol. The second kappa shape index (κ2) is 7.38. The topological polar surface area (TPSA) is 88.5 Å². The molecule has 28 heavy (non-hydrogen) atoms. The van der Waals surface area contributed by atoms with Gasteiger partial charge in [0.1, 0.15) is 4.90 Å². The predicted octanol–water partition coefficient (Wildman–Crippen LogP) is 3.84. The molecule has 0 aliphatic carbocycles. The second-order valence-electron chi connectivity index (χ2n) is 5.82. The highest BCUT2D eigenvalue weighted by Gasteiger charge is 2.27. The maximum absolute atomic E-state index is 12.5. The van der Waals surface area contributed by atoms with Gasteiger partial charge in [-0.3, -0.25) is 15.1 Å². The summed E-state index contributed by atoms with van der Waals surface area (Å²) in [6.07, 6.45) is 3.39. The van der Waals surface area contributed by atoms with Crippen LogP contribution in [-0.4, -0.2) is 24.5 Å². The Morgan fingerprint density at radius 2 is 1.93 bits per heavy atom. The van der Waals surface area contributed by atoms with Gasteiger partial charge in [-0.15, -0.1) is 4.40 Å². The van der Waals surface area contributed by atoms with E-state index in [4.69, 9.17) is 11.6 Å². The summed E-state index contributed by atoms with van der Waals surface area (Å²) in [5, 5.41) is 3.47. The van der Waals surface area contributed by atoms with Crippen LogP contribution in [0.4, 0.5) is 0 Å². The number of hydrogen-bond acceptors (Lipinski definition) is 5. The second-order valence-corrected chi connectivity index (χ2v) is 8.83. The third kappa shape index (κ3) is 3.80. The Kier molecular flexibility index (Phi) is 4.92. The van der Waals surface area contributed by atoms with Gasteiger partial charge >= 0.3 is 0 Å². The van der Waals surface area contributed by atoms with E-state index in [1.165, 1.54) is 12.1 Å². The first kappa shape index (κ1) is 18.7. The third-order valence-electron chi connectivity index (χ3n) is 3.89. The standard InChI is InChI=1S/C19H12ClN3O3S2/c20-14-5-1-2-6-17(14)28(25,26)23-19-22-18(24)16(27-19)11-12-7-8-15-13(10-12)4-3-9-21-15/h1-11H,(H,22,23,24)/b16-11+. The molecule has 1 saturated heterocycles. The van der Waals surface area contributed by atoms with E-state index < -0.39 is 15.9 Å². The molecule has 1 aromatic heterocycles. The van der Waals surface area contributed by atoms with E-state index in [-0.39, 0.29) is 15.1 Å². The maximum atomic E-state index is 12.5. The number of rotatable bonds is 3. The van der Waals surface area contributed by atoms with Crippen LogP contribution >= 0.6 is 23.4 Å². The molecule has 0 unspecified atom stereocenters. The first-order valence-corrected chi connectivity index (χ1v) is 10.7. The summed E-state index contributed by atoms with van der Waals surface area (Å²) in [6, 6.07) is 15.4. The number of fused-ring (bicyclic) bond motifs is 1. The Labute approximate surface area is 170 Å². The van der Waals surface area contributed by atoms with Crippen molar-refractivity contribution >= 4 is 61.4 Å². The summed E-state index contributed by atoms with van der Waals surface area (Å²) in [6.45, 7) is 0. The molecule has 0 atom stereocenters. The number of nitrogens with one attached hydrogen (secondary N) is 1. The van der Waals surface area contributed by atoms with Gasteiger partial charge in [0.25, 0.3) is 15.9 Å². The van der Waals surface area contributed by atoms with Crippen LogP contribution in [0.15, 0.2) is 75.0 Å². The zero-order chi connectivity index (χ0) is 19.7. The molecule has 1 amide bonds. The zero-order valence-corrected chi connectivity index (χ0v) is 16.6. The minimum absolute atomic E-state index is 0.0152. The molecule has 0 saturated carbocycles. The molecule has 0 radical (unpaired) electrons. The average molecular weight is 430 g/mol. The van der Waals surface area contributed by atoms with E-state index in [0.717, 1.165) is 28.2 Å². The van der Waals surface area contributed by atoms with E-state index >= 15 is 0 Å². The lowest BCUT2D eigenvalue weighted by atomic mass is 10.1. The largest absolute Gasteiger partial charge is 0.300 e. The fourth-order valence-corrected chi connectivity index (χ4v) is 5.11. The van der Waals surface area contributed by atoms with Crippen molar-refractivity contribution in [1.82, 2.24) is 10.3 Å². The Hall–Kier alpha value is -2.68. The summed E-state index contributed by atoms with van der Waals surface area (Å²) in [5.74, 6) is -0.413. The Balaban J connectivity index is 1.64. The molecule has 0 spiro atoms. The number of nitrogens with zero attached hydrogens (tertiary/aromatic N) is 2. The molecular formula is C19H12ClN3O3S2. The molecular weight excluding hydrogens is 418 g/mol. The first-order chi connectivity index (χ1) is 13.4. The molecule has 140 valence electrons. The van der Waals surface area contributed by atoms with Crippen LogP contribution in [0, 0.1) is 0 Å². The van der Waals surface area contributed by atoms with Crippen LogP contribution in [-0.2, 0) is 14.8 Å². The van der Waals surface area contributed by atoms with Gasteiger partial charge in [0.15, 0.2) is 5.17 Å². The van der Waals surface area contributed by atoms with Crippen molar-refractivity contribution in [2.24, 2.45) is 4.40 Å². The maximum Gasteiger partial charge on any atom is 0.286 e. The highest BCUT2D eigenvalue weighted by molar-refractivity contribution is 8.19. The fourth-order valence-electron chi connectivity index (χ4n) is 2.62. The van der Waals surface area contributed by atoms with E-state index in [2.05, 4.69) is 14.7 Å². The molecule has 6 nitrogen and oxygen atoms in total. The third-order valence-corrected chi connectivity index (χ3v) is 6.70. The molecule has 2 heterocycles. The van der Waals surface area contributed by atoms with Gasteiger partial charge in [0.05, 0.1) is 15.4 Å². The number of carbonyl (C=O) groups excluding carboxylic acids is 1. The SMILES string of the molecule is O=C1N/C(=N\S(=O)(=O)c2ccccc2Cl)S/C1=C/c1ccc2ncccc2c1. The summed E-state index contributed by atoms with van der Waals surface area (Å²) in [4.78, 5) is 16.7. The Morgan fingerprint density at radius 1 is 1.11 bits per heavy atom. The van der Waals surface area contributed by atoms with Crippen LogP contribution in [0.1, 0.15) is 5.56 Å². The van der Waals surface area contributed by atoms with E-state index in [1.807, 2.05) is 30.3 Å². The van der Waals surface area contributed by atoms with E-state index in [9.17, 15) is 13.2 Å². The van der Waals surface area contributed by atoms with Crippen LogP contribution in [0.3, 0.4) is 0 Å². The highest BCUT2D eigenvalue weighted by Crippen LogP contribution is 2.29. The summed E-state index contributed by atoms with van der Waals surface area (Å²) in [5.41, 5.74) is 1.65. The number of benzene rings is 2. The van der Waals surface area contributed by atoms with Crippen molar-refractivity contribution in [3.63, 3.8) is 0 Å². The Bertz CT molecular complexity index is 1270. The molecule has 0 bridgehead atoms. The van der Waals surface area contributed by atoms with Gasteiger partial charge in [-0.2, -0.15) is 8.42 Å².